The van der Waals surface area contributed by atoms with Crippen molar-refractivity contribution in [2.45, 2.75) is 37.6 Å². The van der Waals surface area contributed by atoms with E-state index in [2.05, 4.69) is 0 Å². The Kier molecular flexibility index (Phi) is 4.80. The lowest BCUT2D eigenvalue weighted by atomic mass is 10.2. The van der Waals surface area contributed by atoms with Crippen molar-refractivity contribution in [1.29, 1.82) is 0 Å². The van der Waals surface area contributed by atoms with Crippen molar-refractivity contribution in [3.05, 3.63) is 29.8 Å². The highest BCUT2D eigenvalue weighted by Crippen LogP contribution is 2.22. The molecule has 0 unspecified atom stereocenters. The summed E-state index contributed by atoms with van der Waals surface area (Å²) in [5, 5.41) is 0. The van der Waals surface area contributed by atoms with Crippen molar-refractivity contribution in [3.63, 3.8) is 0 Å². The molecule has 0 spiro atoms. The Bertz CT molecular complexity index is 548. The van der Waals surface area contributed by atoms with E-state index in [0.29, 0.717) is 24.6 Å². The summed E-state index contributed by atoms with van der Waals surface area (Å²) in [5.41, 5.74) is 0.850. The predicted molar refractivity (Wildman–Crippen MR) is 75.9 cm³/mol. The predicted octanol–water partition coefficient (Wildman–Crippen LogP) is 1.63. The second kappa shape index (κ2) is 6.22. The van der Waals surface area contributed by atoms with Crippen molar-refractivity contribution < 1.29 is 17.9 Å². The topological polar surface area (TPSA) is 55.8 Å². The molecule has 2 rings (SSSR count). The lowest BCUT2D eigenvalue weighted by molar-refractivity contribution is -0.0440. The molecule has 1 aliphatic heterocycles. The van der Waals surface area contributed by atoms with Gasteiger partial charge in [0.25, 0.3) is 0 Å². The Morgan fingerprint density at radius 1 is 1.30 bits per heavy atom. The summed E-state index contributed by atoms with van der Waals surface area (Å²) >= 11 is 0. The molecule has 0 N–H and O–H groups in total. The van der Waals surface area contributed by atoms with Crippen LogP contribution in [0.3, 0.4) is 0 Å². The summed E-state index contributed by atoms with van der Waals surface area (Å²) in [5.74, 6) is 0. The van der Waals surface area contributed by atoms with Gasteiger partial charge in [-0.15, -0.1) is 0 Å². The van der Waals surface area contributed by atoms with Gasteiger partial charge in [-0.3, -0.25) is 0 Å². The third kappa shape index (κ3) is 3.38. The van der Waals surface area contributed by atoms with Crippen molar-refractivity contribution in [1.82, 2.24) is 4.31 Å². The Morgan fingerprint density at radius 3 is 2.55 bits per heavy atom. The van der Waals surface area contributed by atoms with Gasteiger partial charge in [0, 0.05) is 20.2 Å². The third-order valence-corrected chi connectivity index (χ3v) is 5.06. The van der Waals surface area contributed by atoms with Gasteiger partial charge in [0.2, 0.25) is 10.0 Å². The summed E-state index contributed by atoms with van der Waals surface area (Å²) in [6.45, 7) is 4.96. The minimum absolute atomic E-state index is 0.0873. The van der Waals surface area contributed by atoms with Crippen LogP contribution in [0.2, 0.25) is 0 Å². The van der Waals surface area contributed by atoms with Crippen LogP contribution in [0.5, 0.6) is 0 Å². The van der Waals surface area contributed by atoms with Crippen molar-refractivity contribution in [3.8, 4) is 0 Å². The minimum atomic E-state index is -3.47. The van der Waals surface area contributed by atoms with Gasteiger partial charge >= 0.3 is 0 Å². The first kappa shape index (κ1) is 15.4. The molecule has 0 amide bonds. The van der Waals surface area contributed by atoms with Gasteiger partial charge in [-0.1, -0.05) is 12.1 Å². The molecule has 1 aromatic rings. The first-order valence-electron chi connectivity index (χ1n) is 6.67. The maximum absolute atomic E-state index is 12.7. The van der Waals surface area contributed by atoms with E-state index in [4.69, 9.17) is 9.47 Å². The molecule has 1 heterocycles. The zero-order valence-corrected chi connectivity index (χ0v) is 12.9. The lowest BCUT2D eigenvalue weighted by Crippen LogP contribution is -2.48. The Labute approximate surface area is 120 Å². The quantitative estimate of drug-likeness (QED) is 0.848. The van der Waals surface area contributed by atoms with Crippen LogP contribution < -0.4 is 0 Å². The van der Waals surface area contributed by atoms with Crippen molar-refractivity contribution >= 4 is 10.0 Å². The summed E-state index contributed by atoms with van der Waals surface area (Å²) in [7, 11) is -1.88. The van der Waals surface area contributed by atoms with E-state index < -0.39 is 10.0 Å². The highest BCUT2D eigenvalue weighted by atomic mass is 32.2. The summed E-state index contributed by atoms with van der Waals surface area (Å²) < 4.78 is 37.5. The maximum atomic E-state index is 12.7. The number of methoxy groups -OCH3 is 1. The van der Waals surface area contributed by atoms with Gasteiger partial charge in [-0.25, -0.2) is 8.42 Å². The van der Waals surface area contributed by atoms with Crippen LogP contribution in [0.25, 0.3) is 0 Å². The number of hydrogen-bond donors (Lipinski definition) is 0. The van der Waals surface area contributed by atoms with Crippen LogP contribution >= 0.6 is 0 Å². The van der Waals surface area contributed by atoms with Gasteiger partial charge in [-0.2, -0.15) is 4.31 Å². The van der Waals surface area contributed by atoms with E-state index in [0.717, 1.165) is 5.56 Å². The van der Waals surface area contributed by atoms with Crippen LogP contribution in [0.15, 0.2) is 29.2 Å². The van der Waals surface area contributed by atoms with Crippen molar-refractivity contribution in [2.75, 3.05) is 20.2 Å². The van der Waals surface area contributed by atoms with E-state index in [1.165, 1.54) is 4.31 Å². The molecule has 0 aromatic heterocycles. The minimum Gasteiger partial charge on any atom is -0.380 e. The maximum Gasteiger partial charge on any atom is 0.243 e. The van der Waals surface area contributed by atoms with Crippen LogP contribution in [-0.2, 0) is 26.1 Å². The molecule has 1 fully saturated rings. The van der Waals surface area contributed by atoms with Gasteiger partial charge in [-0.05, 0) is 31.5 Å². The summed E-state index contributed by atoms with van der Waals surface area (Å²) in [6.07, 6.45) is -0.175. The van der Waals surface area contributed by atoms with E-state index in [1.54, 1.807) is 25.3 Å². The Balaban J connectivity index is 2.27. The number of benzene rings is 1. The largest absolute Gasteiger partial charge is 0.380 e. The van der Waals surface area contributed by atoms with E-state index in [9.17, 15) is 8.42 Å². The van der Waals surface area contributed by atoms with E-state index >= 15 is 0 Å². The fourth-order valence-corrected chi connectivity index (χ4v) is 4.10. The average molecular weight is 299 g/mol. The number of sulfonamides is 1. The number of rotatable bonds is 4. The second-order valence-electron chi connectivity index (χ2n) is 5.16. The zero-order valence-electron chi connectivity index (χ0n) is 12.1. The van der Waals surface area contributed by atoms with Crippen LogP contribution in [-0.4, -0.2) is 45.1 Å². The van der Waals surface area contributed by atoms with Crippen LogP contribution in [0.1, 0.15) is 19.4 Å². The highest BCUT2D eigenvalue weighted by molar-refractivity contribution is 7.89. The number of nitrogens with zero attached hydrogens (tertiary/aromatic N) is 1. The molecule has 1 aromatic carbocycles. The molecule has 112 valence electrons. The van der Waals surface area contributed by atoms with Gasteiger partial charge in [0.05, 0.1) is 23.7 Å². The first-order valence-corrected chi connectivity index (χ1v) is 8.11. The van der Waals surface area contributed by atoms with E-state index in [-0.39, 0.29) is 12.2 Å². The second-order valence-corrected chi connectivity index (χ2v) is 7.10. The van der Waals surface area contributed by atoms with Gasteiger partial charge in [0.1, 0.15) is 0 Å². The Hall–Kier alpha value is -0.950. The van der Waals surface area contributed by atoms with Crippen LogP contribution in [0.4, 0.5) is 0 Å². The monoisotopic (exact) mass is 299 g/mol. The number of ether oxygens (including phenoxy) is 2. The van der Waals surface area contributed by atoms with Gasteiger partial charge in [0.15, 0.2) is 0 Å². The normalized spacial score (nSPS) is 24.8. The number of morpholine rings is 1. The van der Waals surface area contributed by atoms with Crippen LogP contribution in [0, 0.1) is 0 Å². The molecular formula is C14H21NO4S. The number of hydrogen-bond acceptors (Lipinski definition) is 4. The van der Waals surface area contributed by atoms with Gasteiger partial charge < -0.3 is 9.47 Å². The fourth-order valence-electron chi connectivity index (χ4n) is 2.44. The molecule has 0 aliphatic carbocycles. The molecule has 1 aliphatic rings. The average Bonchev–Trinajstić information content (AvgIpc) is 2.38. The molecular weight excluding hydrogens is 278 g/mol. The molecule has 5 nitrogen and oxygen atoms in total. The van der Waals surface area contributed by atoms with E-state index in [1.807, 2.05) is 19.9 Å². The highest BCUT2D eigenvalue weighted by Gasteiger charge is 2.32. The fraction of sp³-hybridized carbons (Fsp3) is 0.571. The lowest BCUT2D eigenvalue weighted by Gasteiger charge is -2.34. The molecule has 0 radical (unpaired) electrons. The third-order valence-electron chi connectivity index (χ3n) is 3.23. The molecule has 1 saturated heterocycles. The first-order chi connectivity index (χ1) is 9.43. The Morgan fingerprint density at radius 2 is 1.95 bits per heavy atom. The summed E-state index contributed by atoms with van der Waals surface area (Å²) in [4.78, 5) is 0.313. The van der Waals surface area contributed by atoms with Crippen molar-refractivity contribution in [2.24, 2.45) is 0 Å². The smallest absolute Gasteiger partial charge is 0.243 e. The molecule has 0 saturated carbocycles. The molecule has 2 atom stereocenters. The molecule has 6 heteroatoms. The summed E-state index contributed by atoms with van der Waals surface area (Å²) in [6, 6.07) is 6.89. The molecule has 20 heavy (non-hydrogen) atoms. The zero-order chi connectivity index (χ0) is 14.8. The SMILES string of the molecule is COCc1cccc(S(=O)(=O)N2C[C@@H](C)O[C@@H](C)C2)c1. The standard InChI is InChI=1S/C14H21NO4S/c1-11-8-15(9-12(2)19-11)20(16,17)14-6-4-5-13(7-14)10-18-3/h4-7,11-12H,8-10H2,1-3H3/t11-,12+. The molecule has 0 bridgehead atoms.